The third-order valence-electron chi connectivity index (χ3n) is 3.23. The Balaban J connectivity index is 1.93. The minimum absolute atomic E-state index is 0.546. The SMILES string of the molecule is CCc1[nH]nc(NC(C)CC2CC2)c1C. The Kier molecular flexibility index (Phi) is 2.98. The Labute approximate surface area is 91.7 Å². The van der Waals surface area contributed by atoms with E-state index in [1.165, 1.54) is 30.5 Å². The summed E-state index contributed by atoms with van der Waals surface area (Å²) < 4.78 is 0. The summed E-state index contributed by atoms with van der Waals surface area (Å²) in [4.78, 5) is 0. The van der Waals surface area contributed by atoms with Gasteiger partial charge in [-0.15, -0.1) is 0 Å². The molecule has 2 N–H and O–H groups in total. The lowest BCUT2D eigenvalue weighted by Gasteiger charge is -2.13. The number of nitrogens with one attached hydrogen (secondary N) is 2. The highest BCUT2D eigenvalue weighted by atomic mass is 15.2. The van der Waals surface area contributed by atoms with Crippen molar-refractivity contribution in [2.45, 2.75) is 52.5 Å². The van der Waals surface area contributed by atoms with E-state index in [1.807, 2.05) is 0 Å². The van der Waals surface area contributed by atoms with E-state index in [0.29, 0.717) is 6.04 Å². The average Bonchev–Trinajstić information content (AvgIpc) is 2.94. The quantitative estimate of drug-likeness (QED) is 0.779. The van der Waals surface area contributed by atoms with E-state index in [1.54, 1.807) is 0 Å². The molecule has 0 bridgehead atoms. The molecule has 0 spiro atoms. The highest BCUT2D eigenvalue weighted by Gasteiger charge is 2.24. The van der Waals surface area contributed by atoms with Gasteiger partial charge in [-0.25, -0.2) is 0 Å². The van der Waals surface area contributed by atoms with Crippen molar-refractivity contribution >= 4 is 5.82 Å². The maximum Gasteiger partial charge on any atom is 0.151 e. The first-order valence-corrected chi connectivity index (χ1v) is 6.01. The van der Waals surface area contributed by atoms with E-state index in [-0.39, 0.29) is 0 Å². The van der Waals surface area contributed by atoms with Crippen LogP contribution in [0.4, 0.5) is 5.82 Å². The van der Waals surface area contributed by atoms with E-state index in [0.717, 1.165) is 18.2 Å². The topological polar surface area (TPSA) is 40.7 Å². The molecule has 3 nitrogen and oxygen atoms in total. The Morgan fingerprint density at radius 2 is 2.27 bits per heavy atom. The summed E-state index contributed by atoms with van der Waals surface area (Å²) in [5.41, 5.74) is 2.52. The van der Waals surface area contributed by atoms with Crippen molar-refractivity contribution in [1.29, 1.82) is 0 Å². The van der Waals surface area contributed by atoms with Crippen LogP contribution < -0.4 is 5.32 Å². The third kappa shape index (κ3) is 2.52. The Morgan fingerprint density at radius 1 is 1.53 bits per heavy atom. The first-order valence-electron chi connectivity index (χ1n) is 6.01. The Bertz CT molecular complexity index is 326. The predicted octanol–water partition coefficient (Wildman–Crippen LogP) is 2.88. The fourth-order valence-corrected chi connectivity index (χ4v) is 2.06. The molecule has 1 fully saturated rings. The van der Waals surface area contributed by atoms with E-state index < -0.39 is 0 Å². The molecule has 2 rings (SSSR count). The zero-order valence-corrected chi connectivity index (χ0v) is 9.93. The van der Waals surface area contributed by atoms with Gasteiger partial charge in [0.15, 0.2) is 5.82 Å². The van der Waals surface area contributed by atoms with E-state index in [4.69, 9.17) is 0 Å². The van der Waals surface area contributed by atoms with Crippen LogP contribution in [0.2, 0.25) is 0 Å². The molecule has 1 aliphatic carbocycles. The lowest BCUT2D eigenvalue weighted by Crippen LogP contribution is -2.16. The van der Waals surface area contributed by atoms with Crippen LogP contribution in [0.1, 0.15) is 44.4 Å². The number of anilines is 1. The van der Waals surface area contributed by atoms with Gasteiger partial charge in [0, 0.05) is 17.3 Å². The van der Waals surface area contributed by atoms with E-state index >= 15 is 0 Å². The summed E-state index contributed by atoms with van der Waals surface area (Å²) in [5.74, 6) is 2.01. The maximum atomic E-state index is 4.32. The molecule has 1 aromatic rings. The molecule has 0 radical (unpaired) electrons. The van der Waals surface area contributed by atoms with Crippen LogP contribution in [-0.4, -0.2) is 16.2 Å². The Morgan fingerprint density at radius 3 is 2.80 bits per heavy atom. The number of H-pyrrole nitrogens is 1. The normalized spacial score (nSPS) is 17.8. The first-order chi connectivity index (χ1) is 7.20. The number of hydrogen-bond acceptors (Lipinski definition) is 2. The summed E-state index contributed by atoms with van der Waals surface area (Å²) in [6.45, 7) is 6.53. The summed E-state index contributed by atoms with van der Waals surface area (Å²) in [7, 11) is 0. The minimum atomic E-state index is 0.546. The van der Waals surface area contributed by atoms with Crippen molar-refractivity contribution < 1.29 is 0 Å². The molecule has 0 aromatic carbocycles. The summed E-state index contributed by atoms with van der Waals surface area (Å²) in [6.07, 6.45) is 5.16. The molecule has 15 heavy (non-hydrogen) atoms. The van der Waals surface area contributed by atoms with Crippen molar-refractivity contribution in [1.82, 2.24) is 10.2 Å². The molecule has 1 atom stereocenters. The minimum Gasteiger partial charge on any atom is -0.366 e. The van der Waals surface area contributed by atoms with Gasteiger partial charge in [-0.3, -0.25) is 5.10 Å². The summed E-state index contributed by atoms with van der Waals surface area (Å²) >= 11 is 0. The molecule has 84 valence electrons. The van der Waals surface area contributed by atoms with Gasteiger partial charge >= 0.3 is 0 Å². The van der Waals surface area contributed by atoms with Gasteiger partial charge < -0.3 is 5.32 Å². The smallest absolute Gasteiger partial charge is 0.151 e. The molecule has 1 heterocycles. The van der Waals surface area contributed by atoms with Gasteiger partial charge in [0.1, 0.15) is 0 Å². The zero-order valence-electron chi connectivity index (χ0n) is 9.93. The fraction of sp³-hybridized carbons (Fsp3) is 0.750. The predicted molar refractivity (Wildman–Crippen MR) is 63.1 cm³/mol. The molecule has 1 aromatic heterocycles. The number of aromatic amines is 1. The summed E-state index contributed by atoms with van der Waals surface area (Å²) in [6, 6.07) is 0.546. The van der Waals surface area contributed by atoms with Gasteiger partial charge in [-0.1, -0.05) is 19.8 Å². The van der Waals surface area contributed by atoms with Gasteiger partial charge in [0.25, 0.3) is 0 Å². The molecule has 1 saturated carbocycles. The number of rotatable bonds is 5. The summed E-state index contributed by atoms with van der Waals surface area (Å²) in [5, 5.41) is 10.9. The molecule has 0 aliphatic heterocycles. The molecular formula is C12H21N3. The lowest BCUT2D eigenvalue weighted by atomic mass is 10.1. The van der Waals surface area contributed by atoms with Crippen molar-refractivity contribution in [2.24, 2.45) is 5.92 Å². The number of nitrogens with zero attached hydrogens (tertiary/aromatic N) is 1. The highest BCUT2D eigenvalue weighted by Crippen LogP contribution is 2.34. The van der Waals surface area contributed by atoms with Crippen molar-refractivity contribution in [3.05, 3.63) is 11.3 Å². The zero-order chi connectivity index (χ0) is 10.8. The number of aryl methyl sites for hydroxylation is 1. The van der Waals surface area contributed by atoms with Gasteiger partial charge in [0.05, 0.1) is 0 Å². The van der Waals surface area contributed by atoms with Gasteiger partial charge in [0.2, 0.25) is 0 Å². The number of aromatic nitrogens is 2. The number of hydrogen-bond donors (Lipinski definition) is 2. The van der Waals surface area contributed by atoms with Crippen LogP contribution >= 0.6 is 0 Å². The largest absolute Gasteiger partial charge is 0.366 e. The molecule has 3 heteroatoms. The van der Waals surface area contributed by atoms with Crippen LogP contribution in [0.15, 0.2) is 0 Å². The Hall–Kier alpha value is -0.990. The van der Waals surface area contributed by atoms with E-state index in [9.17, 15) is 0 Å². The second-order valence-corrected chi connectivity index (χ2v) is 4.75. The molecule has 1 aliphatic rings. The third-order valence-corrected chi connectivity index (χ3v) is 3.23. The fourth-order valence-electron chi connectivity index (χ4n) is 2.06. The van der Waals surface area contributed by atoms with Crippen molar-refractivity contribution in [3.8, 4) is 0 Å². The van der Waals surface area contributed by atoms with Crippen LogP contribution in [0.5, 0.6) is 0 Å². The van der Waals surface area contributed by atoms with Gasteiger partial charge in [-0.05, 0) is 32.6 Å². The molecular weight excluding hydrogens is 186 g/mol. The molecule has 0 saturated heterocycles. The highest BCUT2D eigenvalue weighted by molar-refractivity contribution is 5.46. The lowest BCUT2D eigenvalue weighted by molar-refractivity contribution is 0.639. The van der Waals surface area contributed by atoms with Crippen LogP contribution in [0.25, 0.3) is 0 Å². The van der Waals surface area contributed by atoms with Gasteiger partial charge in [-0.2, -0.15) is 5.10 Å². The van der Waals surface area contributed by atoms with Crippen molar-refractivity contribution in [3.63, 3.8) is 0 Å². The van der Waals surface area contributed by atoms with Crippen LogP contribution in [0.3, 0.4) is 0 Å². The second kappa shape index (κ2) is 4.25. The molecule has 1 unspecified atom stereocenters. The second-order valence-electron chi connectivity index (χ2n) is 4.75. The van der Waals surface area contributed by atoms with Crippen LogP contribution in [0, 0.1) is 12.8 Å². The van der Waals surface area contributed by atoms with E-state index in [2.05, 4.69) is 36.3 Å². The molecule has 0 amide bonds. The standard InChI is InChI=1S/C12H21N3/c1-4-11-9(3)12(15-14-11)13-8(2)7-10-5-6-10/h8,10H,4-7H2,1-3H3,(H2,13,14,15). The maximum absolute atomic E-state index is 4.32. The first kappa shape index (κ1) is 10.5. The van der Waals surface area contributed by atoms with Crippen molar-refractivity contribution in [2.75, 3.05) is 5.32 Å². The average molecular weight is 207 g/mol. The van der Waals surface area contributed by atoms with Crippen LogP contribution in [-0.2, 0) is 6.42 Å². The monoisotopic (exact) mass is 207 g/mol.